The Morgan fingerprint density at radius 2 is 1.83 bits per heavy atom. The predicted octanol–water partition coefficient (Wildman–Crippen LogP) is 5.68. The number of hydrogen-bond donors (Lipinski definition) is 1. The van der Waals surface area contributed by atoms with E-state index in [4.69, 9.17) is 14.6 Å². The molecule has 1 N–H and O–H groups in total. The summed E-state index contributed by atoms with van der Waals surface area (Å²) in [6.07, 6.45) is -4.22. The Labute approximate surface area is 176 Å². The van der Waals surface area contributed by atoms with Crippen LogP contribution in [0.5, 0.6) is 11.5 Å². The number of ether oxygens (including phenoxy) is 2. The number of benzene rings is 2. The molecule has 0 aliphatic heterocycles. The van der Waals surface area contributed by atoms with Gasteiger partial charge >= 0.3 is 12.1 Å². The molecule has 2 aromatic carbocycles. The molecule has 2 rings (SSSR count). The van der Waals surface area contributed by atoms with Gasteiger partial charge in [-0.3, -0.25) is 0 Å². The van der Waals surface area contributed by atoms with Gasteiger partial charge in [0.05, 0.1) is 0 Å². The van der Waals surface area contributed by atoms with Crippen LogP contribution >= 0.6 is 0 Å². The molecule has 0 saturated heterocycles. The zero-order chi connectivity index (χ0) is 22.5. The van der Waals surface area contributed by atoms with E-state index in [0.29, 0.717) is 25.8 Å². The second-order valence-electron chi connectivity index (χ2n) is 7.55. The van der Waals surface area contributed by atoms with Crippen molar-refractivity contribution in [3.8, 4) is 11.5 Å². The number of halogens is 2. The van der Waals surface area contributed by atoms with E-state index in [2.05, 4.69) is 4.90 Å². The van der Waals surface area contributed by atoms with Crippen molar-refractivity contribution in [1.82, 2.24) is 0 Å². The SMILES string of the molecule is CCN(Cc1cccc(OC(C)C(=O)O)c1)c1cc(OC(C)(F)F)ccc1C(C)C. The summed E-state index contributed by atoms with van der Waals surface area (Å²) in [5.41, 5.74) is 2.75. The molecule has 2 aromatic rings. The van der Waals surface area contributed by atoms with Gasteiger partial charge in [-0.05, 0) is 49.1 Å². The third-order valence-electron chi connectivity index (χ3n) is 4.58. The summed E-state index contributed by atoms with van der Waals surface area (Å²) in [6, 6.07) is 12.2. The minimum atomic E-state index is -3.26. The van der Waals surface area contributed by atoms with Crippen LogP contribution in [0.4, 0.5) is 14.5 Å². The van der Waals surface area contributed by atoms with Crippen molar-refractivity contribution in [3.63, 3.8) is 0 Å². The lowest BCUT2D eigenvalue weighted by Gasteiger charge is -2.28. The van der Waals surface area contributed by atoms with E-state index >= 15 is 0 Å². The van der Waals surface area contributed by atoms with Crippen molar-refractivity contribution in [2.45, 2.75) is 59.3 Å². The van der Waals surface area contributed by atoms with Crippen molar-refractivity contribution in [2.75, 3.05) is 11.4 Å². The lowest BCUT2D eigenvalue weighted by atomic mass is 9.99. The van der Waals surface area contributed by atoms with Crippen molar-refractivity contribution in [1.29, 1.82) is 0 Å². The molecule has 0 heterocycles. The lowest BCUT2D eigenvalue weighted by molar-refractivity contribution is -0.159. The van der Waals surface area contributed by atoms with Crippen LogP contribution in [0.2, 0.25) is 0 Å². The van der Waals surface area contributed by atoms with Crippen molar-refractivity contribution in [2.24, 2.45) is 0 Å². The minimum Gasteiger partial charge on any atom is -0.479 e. The Kier molecular flexibility index (Phi) is 7.65. The minimum absolute atomic E-state index is 0.104. The zero-order valence-corrected chi connectivity index (χ0v) is 18.0. The van der Waals surface area contributed by atoms with Crippen LogP contribution in [0, 0.1) is 0 Å². The zero-order valence-electron chi connectivity index (χ0n) is 18.0. The van der Waals surface area contributed by atoms with Crippen LogP contribution < -0.4 is 14.4 Å². The normalized spacial score (nSPS) is 12.5. The van der Waals surface area contributed by atoms with Gasteiger partial charge in [-0.2, -0.15) is 8.78 Å². The number of aliphatic carboxylic acids is 1. The van der Waals surface area contributed by atoms with E-state index in [1.165, 1.54) is 6.92 Å². The number of carbonyl (C=O) groups is 1. The van der Waals surface area contributed by atoms with E-state index in [1.807, 2.05) is 32.9 Å². The van der Waals surface area contributed by atoms with Gasteiger partial charge < -0.3 is 19.5 Å². The highest BCUT2D eigenvalue weighted by molar-refractivity contribution is 5.72. The molecule has 0 radical (unpaired) electrons. The fourth-order valence-corrected chi connectivity index (χ4v) is 3.12. The van der Waals surface area contributed by atoms with Gasteiger partial charge in [0.15, 0.2) is 6.10 Å². The maximum atomic E-state index is 13.3. The van der Waals surface area contributed by atoms with E-state index in [0.717, 1.165) is 16.8 Å². The average Bonchev–Trinajstić information content (AvgIpc) is 2.64. The molecule has 0 amide bonds. The molecule has 0 aliphatic carbocycles. The number of carboxylic acids is 1. The molecule has 0 bridgehead atoms. The molecule has 1 unspecified atom stereocenters. The first kappa shape index (κ1) is 23.4. The van der Waals surface area contributed by atoms with Crippen LogP contribution in [0.1, 0.15) is 51.7 Å². The molecule has 164 valence electrons. The molecular formula is C23H29F2NO4. The van der Waals surface area contributed by atoms with Gasteiger partial charge in [0.1, 0.15) is 11.5 Å². The van der Waals surface area contributed by atoms with Gasteiger partial charge in [-0.25, -0.2) is 4.79 Å². The van der Waals surface area contributed by atoms with Gasteiger partial charge in [0, 0.05) is 31.8 Å². The Balaban J connectivity index is 2.33. The molecule has 30 heavy (non-hydrogen) atoms. The van der Waals surface area contributed by atoms with E-state index in [1.54, 1.807) is 30.3 Å². The highest BCUT2D eigenvalue weighted by Gasteiger charge is 2.24. The highest BCUT2D eigenvalue weighted by Crippen LogP contribution is 2.34. The first-order chi connectivity index (χ1) is 14.0. The quantitative estimate of drug-likeness (QED) is 0.535. The summed E-state index contributed by atoms with van der Waals surface area (Å²) in [5, 5.41) is 9.04. The van der Waals surface area contributed by atoms with E-state index < -0.39 is 18.2 Å². The van der Waals surface area contributed by atoms with Crippen molar-refractivity contribution >= 4 is 11.7 Å². The molecule has 5 nitrogen and oxygen atoms in total. The van der Waals surface area contributed by atoms with Crippen molar-refractivity contribution in [3.05, 3.63) is 53.6 Å². The third-order valence-corrected chi connectivity index (χ3v) is 4.58. The Morgan fingerprint density at radius 1 is 1.13 bits per heavy atom. The molecule has 7 heteroatoms. The number of carboxylic acid groups (broad SMARTS) is 1. The first-order valence-electron chi connectivity index (χ1n) is 9.94. The number of hydrogen-bond acceptors (Lipinski definition) is 4. The van der Waals surface area contributed by atoms with E-state index in [-0.39, 0.29) is 11.7 Å². The number of anilines is 1. The largest absolute Gasteiger partial charge is 0.479 e. The van der Waals surface area contributed by atoms with Crippen LogP contribution in [0.15, 0.2) is 42.5 Å². The Morgan fingerprint density at radius 3 is 2.40 bits per heavy atom. The number of alkyl halides is 2. The summed E-state index contributed by atoms with van der Waals surface area (Å²) < 4.78 is 36.9. The summed E-state index contributed by atoms with van der Waals surface area (Å²) in [5.74, 6) is -0.281. The molecule has 0 fully saturated rings. The molecule has 1 atom stereocenters. The van der Waals surface area contributed by atoms with Gasteiger partial charge in [-0.15, -0.1) is 0 Å². The van der Waals surface area contributed by atoms with E-state index in [9.17, 15) is 13.6 Å². The first-order valence-corrected chi connectivity index (χ1v) is 9.94. The third kappa shape index (κ3) is 6.61. The summed E-state index contributed by atoms with van der Waals surface area (Å²) in [4.78, 5) is 13.1. The van der Waals surface area contributed by atoms with Crippen molar-refractivity contribution < 1.29 is 28.2 Å². The van der Waals surface area contributed by atoms with Crippen LogP contribution in [0.3, 0.4) is 0 Å². The second-order valence-corrected chi connectivity index (χ2v) is 7.55. The van der Waals surface area contributed by atoms with Crippen LogP contribution in [-0.4, -0.2) is 29.8 Å². The summed E-state index contributed by atoms with van der Waals surface area (Å²) in [6.45, 7) is 9.40. The molecule has 0 spiro atoms. The average molecular weight is 421 g/mol. The molecule has 0 aromatic heterocycles. The van der Waals surface area contributed by atoms with Gasteiger partial charge in [0.25, 0.3) is 0 Å². The van der Waals surface area contributed by atoms with Crippen LogP contribution in [-0.2, 0) is 11.3 Å². The maximum Gasteiger partial charge on any atom is 0.394 e. The number of nitrogens with zero attached hydrogens (tertiary/aromatic N) is 1. The fourth-order valence-electron chi connectivity index (χ4n) is 3.12. The maximum absolute atomic E-state index is 13.3. The Hall–Kier alpha value is -2.83. The smallest absolute Gasteiger partial charge is 0.394 e. The van der Waals surface area contributed by atoms with Crippen LogP contribution in [0.25, 0.3) is 0 Å². The monoisotopic (exact) mass is 421 g/mol. The molecular weight excluding hydrogens is 392 g/mol. The predicted molar refractivity (Wildman–Crippen MR) is 113 cm³/mol. The fraction of sp³-hybridized carbons (Fsp3) is 0.435. The standard InChI is InChI=1S/C23H29F2NO4/c1-6-26(14-17-8-7-9-18(12-17)29-16(4)22(27)28)21-13-19(30-23(5,24)25)10-11-20(21)15(2)3/h7-13,15-16H,6,14H2,1-5H3,(H,27,28). The summed E-state index contributed by atoms with van der Waals surface area (Å²) >= 11 is 0. The number of rotatable bonds is 10. The molecule has 0 aliphatic rings. The summed E-state index contributed by atoms with van der Waals surface area (Å²) in [7, 11) is 0. The second kappa shape index (κ2) is 9.78. The molecule has 0 saturated carbocycles. The topological polar surface area (TPSA) is 59.0 Å². The van der Waals surface area contributed by atoms with Gasteiger partial charge in [0.2, 0.25) is 0 Å². The Bertz CT molecular complexity index is 865. The van der Waals surface area contributed by atoms with Gasteiger partial charge in [-0.1, -0.05) is 32.0 Å². The highest BCUT2D eigenvalue weighted by atomic mass is 19.3. The lowest BCUT2D eigenvalue weighted by Crippen LogP contribution is -2.25.